The molecule has 0 bridgehead atoms. The van der Waals surface area contributed by atoms with Gasteiger partial charge in [-0.3, -0.25) is 0 Å². The van der Waals surface area contributed by atoms with Crippen LogP contribution in [0.1, 0.15) is 23.9 Å². The third kappa shape index (κ3) is 4.12. The largest absolute Gasteiger partial charge is 0.339 e. The van der Waals surface area contributed by atoms with E-state index in [0.29, 0.717) is 34.3 Å². The topological polar surface area (TPSA) is 85.1 Å². The highest BCUT2D eigenvalue weighted by atomic mass is 35.5. The lowest BCUT2D eigenvalue weighted by Gasteiger charge is -2.10. The van der Waals surface area contributed by atoms with Crippen molar-refractivity contribution in [2.75, 3.05) is 0 Å². The summed E-state index contributed by atoms with van der Waals surface area (Å²) in [6, 6.07) is 12.1. The molecule has 0 amide bonds. The van der Waals surface area contributed by atoms with Crippen LogP contribution in [-0.4, -0.2) is 18.6 Å². The van der Waals surface area contributed by atoms with E-state index in [2.05, 4.69) is 14.9 Å². The van der Waals surface area contributed by atoms with E-state index in [0.717, 1.165) is 5.56 Å². The summed E-state index contributed by atoms with van der Waals surface area (Å²) in [7, 11) is -3.70. The summed E-state index contributed by atoms with van der Waals surface area (Å²) in [5, 5.41) is 4.50. The Morgan fingerprint density at radius 1 is 1.15 bits per heavy atom. The average molecular weight is 392 g/mol. The number of halogens is 1. The molecule has 0 spiro atoms. The number of aromatic nitrogens is 2. The molecule has 1 N–H and O–H groups in total. The Balaban J connectivity index is 1.86. The van der Waals surface area contributed by atoms with E-state index in [1.54, 1.807) is 49.4 Å². The molecule has 0 unspecified atom stereocenters. The van der Waals surface area contributed by atoms with Gasteiger partial charge in [0.25, 0.3) is 0 Å². The molecule has 3 aromatic rings. The highest BCUT2D eigenvalue weighted by Gasteiger charge is 2.19. The van der Waals surface area contributed by atoms with E-state index in [4.69, 9.17) is 16.1 Å². The number of aryl methyl sites for hydroxylation is 2. The third-order valence-electron chi connectivity index (χ3n) is 3.89. The Hall–Kier alpha value is -2.22. The summed E-state index contributed by atoms with van der Waals surface area (Å²) >= 11 is 5.85. The van der Waals surface area contributed by atoms with Crippen LogP contribution in [0.4, 0.5) is 0 Å². The van der Waals surface area contributed by atoms with Gasteiger partial charge in [-0.15, -0.1) is 0 Å². The van der Waals surface area contributed by atoms with Crippen molar-refractivity contribution in [1.82, 2.24) is 14.9 Å². The van der Waals surface area contributed by atoms with E-state index in [1.807, 2.05) is 6.92 Å². The molecule has 0 aliphatic carbocycles. The van der Waals surface area contributed by atoms with Crippen molar-refractivity contribution in [1.29, 1.82) is 0 Å². The van der Waals surface area contributed by atoms with Crippen molar-refractivity contribution in [3.63, 3.8) is 0 Å². The predicted molar refractivity (Wildman–Crippen MR) is 99.3 cm³/mol. The molecule has 0 fully saturated rings. The summed E-state index contributed by atoms with van der Waals surface area (Å²) in [5.74, 6) is 0.877. The number of nitrogens with zero attached hydrogens (tertiary/aromatic N) is 2. The van der Waals surface area contributed by atoms with Gasteiger partial charge in [0.05, 0.1) is 4.90 Å². The zero-order chi connectivity index (χ0) is 18.7. The Labute approximate surface area is 157 Å². The fourth-order valence-corrected chi connectivity index (χ4v) is 3.81. The van der Waals surface area contributed by atoms with Crippen LogP contribution < -0.4 is 4.72 Å². The fourth-order valence-electron chi connectivity index (χ4n) is 2.40. The second kappa shape index (κ2) is 7.57. The van der Waals surface area contributed by atoms with Crippen LogP contribution in [0.25, 0.3) is 11.4 Å². The quantitative estimate of drug-likeness (QED) is 0.691. The van der Waals surface area contributed by atoms with E-state index in [1.165, 1.54) is 0 Å². The van der Waals surface area contributed by atoms with Crippen LogP contribution in [-0.2, 0) is 23.0 Å². The van der Waals surface area contributed by atoms with Crippen molar-refractivity contribution in [2.45, 2.75) is 31.7 Å². The van der Waals surface area contributed by atoms with Gasteiger partial charge >= 0.3 is 0 Å². The van der Waals surface area contributed by atoms with Crippen molar-refractivity contribution >= 4 is 21.6 Å². The second-order valence-corrected chi connectivity index (χ2v) is 7.97. The number of benzene rings is 2. The average Bonchev–Trinajstić information content (AvgIpc) is 3.11. The molecule has 0 radical (unpaired) electrons. The molecule has 0 atom stereocenters. The first-order chi connectivity index (χ1) is 12.4. The van der Waals surface area contributed by atoms with Crippen LogP contribution in [0.2, 0.25) is 5.02 Å². The van der Waals surface area contributed by atoms with Gasteiger partial charge in [0.2, 0.25) is 21.7 Å². The van der Waals surface area contributed by atoms with E-state index < -0.39 is 10.0 Å². The van der Waals surface area contributed by atoms with Crippen molar-refractivity contribution < 1.29 is 12.9 Å². The molecule has 3 rings (SSSR count). The minimum atomic E-state index is -3.70. The lowest BCUT2D eigenvalue weighted by atomic mass is 10.1. The Morgan fingerprint density at radius 2 is 1.88 bits per heavy atom. The molecule has 26 heavy (non-hydrogen) atoms. The molecule has 0 aliphatic rings. The number of rotatable bonds is 6. The first-order valence-electron chi connectivity index (χ1n) is 8.07. The monoisotopic (exact) mass is 391 g/mol. The molecule has 8 heteroatoms. The summed E-state index contributed by atoms with van der Waals surface area (Å²) in [4.78, 5) is 4.43. The Kier molecular flexibility index (Phi) is 5.41. The first-order valence-corrected chi connectivity index (χ1v) is 9.93. The van der Waals surface area contributed by atoms with Crippen LogP contribution in [0, 0.1) is 6.92 Å². The first kappa shape index (κ1) is 18.6. The molecule has 0 aliphatic heterocycles. The molecule has 0 saturated carbocycles. The molecule has 1 aromatic heterocycles. The van der Waals surface area contributed by atoms with Gasteiger partial charge < -0.3 is 4.52 Å². The van der Waals surface area contributed by atoms with E-state index >= 15 is 0 Å². The number of sulfonamides is 1. The van der Waals surface area contributed by atoms with E-state index in [9.17, 15) is 8.42 Å². The van der Waals surface area contributed by atoms with E-state index in [-0.39, 0.29) is 11.4 Å². The van der Waals surface area contributed by atoms with Crippen molar-refractivity contribution in [3.8, 4) is 11.4 Å². The summed E-state index contributed by atoms with van der Waals surface area (Å²) in [5.41, 5.74) is 2.04. The minimum Gasteiger partial charge on any atom is -0.339 e. The lowest BCUT2D eigenvalue weighted by Crippen LogP contribution is -2.24. The van der Waals surface area contributed by atoms with Gasteiger partial charge in [0, 0.05) is 23.6 Å². The molecular formula is C18H18ClN3O3S. The summed E-state index contributed by atoms with van der Waals surface area (Å²) in [6.07, 6.45) is 0.618. The lowest BCUT2D eigenvalue weighted by molar-refractivity contribution is 0.383. The molecule has 6 nitrogen and oxygen atoms in total. The Morgan fingerprint density at radius 3 is 2.54 bits per heavy atom. The van der Waals surface area contributed by atoms with Crippen LogP contribution in [0.3, 0.4) is 0 Å². The van der Waals surface area contributed by atoms with Gasteiger partial charge in [-0.25, -0.2) is 13.1 Å². The second-order valence-electron chi connectivity index (χ2n) is 5.80. The zero-order valence-electron chi connectivity index (χ0n) is 14.4. The maximum atomic E-state index is 12.7. The maximum Gasteiger partial charge on any atom is 0.241 e. The molecule has 2 aromatic carbocycles. The van der Waals surface area contributed by atoms with Crippen LogP contribution >= 0.6 is 11.6 Å². The van der Waals surface area contributed by atoms with Crippen molar-refractivity contribution in [2.24, 2.45) is 0 Å². The SMILES string of the molecule is CCc1nc(-c2ccc(C)c(S(=O)(=O)NCc3ccc(Cl)cc3)c2)no1. The van der Waals surface area contributed by atoms with Gasteiger partial charge in [0.15, 0.2) is 0 Å². The number of nitrogens with one attached hydrogen (secondary N) is 1. The van der Waals surface area contributed by atoms with Gasteiger partial charge in [0.1, 0.15) is 0 Å². The zero-order valence-corrected chi connectivity index (χ0v) is 15.9. The molecule has 0 saturated heterocycles. The third-order valence-corrected chi connectivity index (χ3v) is 5.68. The van der Waals surface area contributed by atoms with Gasteiger partial charge in [-0.05, 0) is 36.2 Å². The number of hydrogen-bond acceptors (Lipinski definition) is 5. The fraction of sp³-hybridized carbons (Fsp3) is 0.222. The summed E-state index contributed by atoms with van der Waals surface area (Å²) in [6.45, 7) is 3.82. The summed E-state index contributed by atoms with van der Waals surface area (Å²) < 4.78 is 33.2. The number of hydrogen-bond donors (Lipinski definition) is 1. The molecular weight excluding hydrogens is 374 g/mol. The minimum absolute atomic E-state index is 0.172. The standard InChI is InChI=1S/C18H18ClN3O3S/c1-3-17-21-18(22-25-17)14-7-4-12(2)16(10-14)26(23,24)20-11-13-5-8-15(19)9-6-13/h4-10,20H,3,11H2,1-2H3. The highest BCUT2D eigenvalue weighted by molar-refractivity contribution is 7.89. The van der Waals surface area contributed by atoms with Gasteiger partial charge in [-0.1, -0.05) is 47.9 Å². The predicted octanol–water partition coefficient (Wildman–Crippen LogP) is 3.74. The smallest absolute Gasteiger partial charge is 0.241 e. The molecule has 136 valence electrons. The highest BCUT2D eigenvalue weighted by Crippen LogP contribution is 2.23. The normalized spacial score (nSPS) is 11.7. The Bertz CT molecular complexity index is 1010. The van der Waals surface area contributed by atoms with Gasteiger partial charge in [-0.2, -0.15) is 4.98 Å². The van der Waals surface area contributed by atoms with Crippen LogP contribution in [0.15, 0.2) is 51.9 Å². The molecule has 1 heterocycles. The van der Waals surface area contributed by atoms with Crippen molar-refractivity contribution in [3.05, 3.63) is 64.5 Å². The van der Waals surface area contributed by atoms with Crippen LogP contribution in [0.5, 0.6) is 0 Å². The maximum absolute atomic E-state index is 12.7.